The van der Waals surface area contributed by atoms with E-state index in [1.807, 2.05) is 31.2 Å². The van der Waals surface area contributed by atoms with Gasteiger partial charge in [0.1, 0.15) is 5.54 Å². The van der Waals surface area contributed by atoms with Gasteiger partial charge in [0, 0.05) is 19.8 Å². The minimum atomic E-state index is -0.830. The summed E-state index contributed by atoms with van der Waals surface area (Å²) in [7, 11) is 0. The Labute approximate surface area is 107 Å². The number of carboxylic acids is 1. The summed E-state index contributed by atoms with van der Waals surface area (Å²) in [4.78, 5) is 11.4. The Hall–Kier alpha value is -1.39. The second kappa shape index (κ2) is 5.50. The summed E-state index contributed by atoms with van der Waals surface area (Å²) in [6.45, 7) is 3.63. The highest BCUT2D eigenvalue weighted by atomic mass is 16.5. The molecule has 4 nitrogen and oxygen atoms in total. The Balaban J connectivity index is 2.01. The zero-order valence-corrected chi connectivity index (χ0v) is 10.6. The topological polar surface area (TPSA) is 58.6 Å². The Bertz CT molecular complexity index is 408. The molecule has 1 aliphatic heterocycles. The van der Waals surface area contributed by atoms with E-state index in [-0.39, 0.29) is 0 Å². The lowest BCUT2D eigenvalue weighted by molar-refractivity contribution is -0.149. The molecule has 2 N–H and O–H groups in total. The maximum Gasteiger partial charge on any atom is 0.324 e. The van der Waals surface area contributed by atoms with Crippen LogP contribution in [0.25, 0.3) is 0 Å². The van der Waals surface area contributed by atoms with Gasteiger partial charge in [0.05, 0.1) is 0 Å². The monoisotopic (exact) mass is 249 g/mol. The van der Waals surface area contributed by atoms with Crippen LogP contribution in [0.4, 0.5) is 0 Å². The summed E-state index contributed by atoms with van der Waals surface area (Å²) in [5, 5.41) is 12.6. The van der Waals surface area contributed by atoms with Crippen LogP contribution in [0.3, 0.4) is 0 Å². The zero-order chi connectivity index (χ0) is 13.0. The number of rotatable bonds is 4. The number of carboxylic acid groups (broad SMARTS) is 1. The summed E-state index contributed by atoms with van der Waals surface area (Å²) in [5.41, 5.74) is 1.48. The standard InChI is InChI=1S/C14H19NO3/c1-11-2-4-12(5-3-11)10-15-14(13(16)17)6-8-18-9-7-14/h2-5,15H,6-10H2,1H3,(H,16,17). The summed E-state index contributed by atoms with van der Waals surface area (Å²) in [6, 6.07) is 8.12. The van der Waals surface area contributed by atoms with E-state index < -0.39 is 11.5 Å². The lowest BCUT2D eigenvalue weighted by atomic mass is 9.90. The molecule has 0 atom stereocenters. The van der Waals surface area contributed by atoms with E-state index in [0.717, 1.165) is 5.56 Å². The number of benzene rings is 1. The van der Waals surface area contributed by atoms with Crippen molar-refractivity contribution in [3.8, 4) is 0 Å². The first-order valence-corrected chi connectivity index (χ1v) is 6.24. The third kappa shape index (κ3) is 2.89. The van der Waals surface area contributed by atoms with Gasteiger partial charge in [0.15, 0.2) is 0 Å². The maximum absolute atomic E-state index is 11.4. The van der Waals surface area contributed by atoms with Gasteiger partial charge in [0.2, 0.25) is 0 Å². The van der Waals surface area contributed by atoms with Gasteiger partial charge in [-0.1, -0.05) is 29.8 Å². The summed E-state index contributed by atoms with van der Waals surface area (Å²) < 4.78 is 5.24. The lowest BCUT2D eigenvalue weighted by Crippen LogP contribution is -2.55. The minimum absolute atomic E-state index is 0.507. The van der Waals surface area contributed by atoms with Crippen LogP contribution in [0.5, 0.6) is 0 Å². The molecule has 1 aliphatic rings. The molecular formula is C14H19NO3. The Morgan fingerprint density at radius 2 is 1.94 bits per heavy atom. The Morgan fingerprint density at radius 1 is 1.33 bits per heavy atom. The number of ether oxygens (including phenoxy) is 1. The van der Waals surface area contributed by atoms with Gasteiger partial charge in [-0.15, -0.1) is 0 Å². The number of aryl methyl sites for hydroxylation is 1. The first kappa shape index (κ1) is 13.1. The van der Waals surface area contributed by atoms with Gasteiger partial charge in [-0.25, -0.2) is 0 Å². The normalized spacial score (nSPS) is 18.5. The summed E-state index contributed by atoms with van der Waals surface area (Å²) in [5.74, 6) is -0.780. The molecule has 0 amide bonds. The quantitative estimate of drug-likeness (QED) is 0.853. The molecule has 0 aromatic heterocycles. The minimum Gasteiger partial charge on any atom is -0.480 e. The number of hydrogen-bond acceptors (Lipinski definition) is 3. The third-order valence-corrected chi connectivity index (χ3v) is 3.51. The van der Waals surface area contributed by atoms with Crippen LogP contribution in [-0.2, 0) is 16.1 Å². The molecule has 2 rings (SSSR count). The predicted octanol–water partition coefficient (Wildman–Crippen LogP) is 1.72. The van der Waals surface area contributed by atoms with Crippen LogP contribution in [0, 0.1) is 6.92 Å². The number of hydrogen-bond donors (Lipinski definition) is 2. The second-order valence-electron chi connectivity index (χ2n) is 4.84. The van der Waals surface area contributed by atoms with Gasteiger partial charge in [-0.05, 0) is 25.3 Å². The predicted molar refractivity (Wildman–Crippen MR) is 68.4 cm³/mol. The fraction of sp³-hybridized carbons (Fsp3) is 0.500. The van der Waals surface area contributed by atoms with Crippen LogP contribution in [-0.4, -0.2) is 29.8 Å². The van der Waals surface area contributed by atoms with Crippen molar-refractivity contribution in [1.82, 2.24) is 5.32 Å². The zero-order valence-electron chi connectivity index (χ0n) is 10.6. The maximum atomic E-state index is 11.4. The Morgan fingerprint density at radius 3 is 2.50 bits per heavy atom. The summed E-state index contributed by atoms with van der Waals surface area (Å²) >= 11 is 0. The van der Waals surface area contributed by atoms with Gasteiger partial charge >= 0.3 is 5.97 Å². The van der Waals surface area contributed by atoms with E-state index in [4.69, 9.17) is 4.74 Å². The summed E-state index contributed by atoms with van der Waals surface area (Å²) in [6.07, 6.45) is 1.04. The highest BCUT2D eigenvalue weighted by Crippen LogP contribution is 2.21. The molecule has 18 heavy (non-hydrogen) atoms. The molecular weight excluding hydrogens is 230 g/mol. The molecule has 1 heterocycles. The second-order valence-corrected chi connectivity index (χ2v) is 4.84. The van der Waals surface area contributed by atoms with E-state index in [0.29, 0.717) is 32.6 Å². The molecule has 4 heteroatoms. The van der Waals surface area contributed by atoms with Crippen molar-refractivity contribution < 1.29 is 14.6 Å². The van der Waals surface area contributed by atoms with Crippen molar-refractivity contribution >= 4 is 5.97 Å². The smallest absolute Gasteiger partial charge is 0.324 e. The molecule has 0 saturated carbocycles. The van der Waals surface area contributed by atoms with E-state index in [9.17, 15) is 9.90 Å². The fourth-order valence-corrected chi connectivity index (χ4v) is 2.16. The van der Waals surface area contributed by atoms with Crippen LogP contribution < -0.4 is 5.32 Å². The molecule has 0 aliphatic carbocycles. The molecule has 1 fully saturated rings. The third-order valence-electron chi connectivity index (χ3n) is 3.51. The van der Waals surface area contributed by atoms with Crippen LogP contribution in [0.1, 0.15) is 24.0 Å². The van der Waals surface area contributed by atoms with Crippen LogP contribution >= 0.6 is 0 Å². The molecule has 1 saturated heterocycles. The first-order valence-electron chi connectivity index (χ1n) is 6.24. The van der Waals surface area contributed by atoms with Crippen LogP contribution in [0.2, 0.25) is 0 Å². The molecule has 0 unspecified atom stereocenters. The van der Waals surface area contributed by atoms with E-state index in [1.54, 1.807) is 0 Å². The van der Waals surface area contributed by atoms with Crippen molar-refractivity contribution in [3.63, 3.8) is 0 Å². The average Bonchev–Trinajstić information content (AvgIpc) is 2.39. The van der Waals surface area contributed by atoms with Crippen molar-refractivity contribution in [3.05, 3.63) is 35.4 Å². The van der Waals surface area contributed by atoms with E-state index in [1.165, 1.54) is 5.56 Å². The Kier molecular flexibility index (Phi) is 3.99. The molecule has 1 aromatic rings. The molecule has 1 aromatic carbocycles. The SMILES string of the molecule is Cc1ccc(CNC2(C(=O)O)CCOCC2)cc1. The lowest BCUT2D eigenvalue weighted by Gasteiger charge is -2.34. The number of carbonyl (C=O) groups is 1. The largest absolute Gasteiger partial charge is 0.480 e. The van der Waals surface area contributed by atoms with Crippen molar-refractivity contribution in [2.75, 3.05) is 13.2 Å². The van der Waals surface area contributed by atoms with Crippen LogP contribution in [0.15, 0.2) is 24.3 Å². The van der Waals surface area contributed by atoms with Gasteiger partial charge in [-0.2, -0.15) is 0 Å². The van der Waals surface area contributed by atoms with Crippen molar-refractivity contribution in [2.45, 2.75) is 31.8 Å². The molecule has 0 radical (unpaired) electrons. The fourth-order valence-electron chi connectivity index (χ4n) is 2.16. The number of aliphatic carboxylic acids is 1. The van der Waals surface area contributed by atoms with Gasteiger partial charge in [-0.3, -0.25) is 10.1 Å². The van der Waals surface area contributed by atoms with Crippen molar-refractivity contribution in [1.29, 1.82) is 0 Å². The molecule has 98 valence electrons. The van der Waals surface area contributed by atoms with E-state index >= 15 is 0 Å². The van der Waals surface area contributed by atoms with E-state index in [2.05, 4.69) is 5.32 Å². The molecule has 0 spiro atoms. The number of nitrogens with one attached hydrogen (secondary N) is 1. The highest BCUT2D eigenvalue weighted by Gasteiger charge is 2.39. The first-order chi connectivity index (χ1) is 8.62. The van der Waals surface area contributed by atoms with Gasteiger partial charge in [0.25, 0.3) is 0 Å². The highest BCUT2D eigenvalue weighted by molar-refractivity contribution is 5.78. The van der Waals surface area contributed by atoms with Gasteiger partial charge < -0.3 is 9.84 Å². The average molecular weight is 249 g/mol. The van der Waals surface area contributed by atoms with Crippen molar-refractivity contribution in [2.24, 2.45) is 0 Å². The molecule has 0 bridgehead atoms.